The highest BCUT2D eigenvalue weighted by atomic mass is 32.2. The average Bonchev–Trinajstić information content (AvgIpc) is 2.38. The van der Waals surface area contributed by atoms with Crippen molar-refractivity contribution in [1.82, 2.24) is 4.31 Å². The second kappa shape index (κ2) is 5.51. The Bertz CT molecular complexity index is 554. The number of fused-ring (bicyclic) bond motifs is 1. The first kappa shape index (κ1) is 14.3. The fourth-order valence-electron chi connectivity index (χ4n) is 2.67. The summed E-state index contributed by atoms with van der Waals surface area (Å²) in [5.74, 6) is 1.05. The predicted octanol–water partition coefficient (Wildman–Crippen LogP) is 2.35. The number of rotatable bonds is 4. The fraction of sp³-hybridized carbons (Fsp3) is 0.571. The maximum atomic E-state index is 12.2. The van der Waals surface area contributed by atoms with Crippen molar-refractivity contribution in [2.24, 2.45) is 0 Å². The van der Waals surface area contributed by atoms with Crippen LogP contribution < -0.4 is 4.74 Å². The van der Waals surface area contributed by atoms with Crippen molar-refractivity contribution in [1.29, 1.82) is 0 Å². The van der Waals surface area contributed by atoms with Crippen LogP contribution >= 0.6 is 0 Å². The maximum absolute atomic E-state index is 12.2. The average molecular weight is 283 g/mol. The molecule has 0 bridgehead atoms. The Labute approximate surface area is 115 Å². The predicted molar refractivity (Wildman–Crippen MR) is 75.9 cm³/mol. The van der Waals surface area contributed by atoms with Crippen LogP contribution in [0.25, 0.3) is 0 Å². The van der Waals surface area contributed by atoms with Crippen LogP contribution in [0.5, 0.6) is 5.75 Å². The van der Waals surface area contributed by atoms with Gasteiger partial charge in [-0.2, -0.15) is 4.31 Å². The topological polar surface area (TPSA) is 46.6 Å². The molecule has 1 heterocycles. The quantitative estimate of drug-likeness (QED) is 0.852. The maximum Gasteiger partial charge on any atom is 0.214 e. The summed E-state index contributed by atoms with van der Waals surface area (Å²) in [5, 5.41) is 0. The van der Waals surface area contributed by atoms with E-state index < -0.39 is 10.0 Å². The van der Waals surface area contributed by atoms with Crippen LogP contribution in [0, 0.1) is 0 Å². The van der Waals surface area contributed by atoms with E-state index in [0.717, 1.165) is 17.7 Å². The lowest BCUT2D eigenvalue weighted by atomic mass is 9.95. The zero-order chi connectivity index (χ0) is 14.0. The Kier molecular flexibility index (Phi) is 4.16. The minimum absolute atomic E-state index is 0.0915. The molecule has 0 aliphatic carbocycles. The number of nitrogens with zero attached hydrogens (tertiary/aromatic N) is 1. The van der Waals surface area contributed by atoms with Crippen LogP contribution in [0.2, 0.25) is 0 Å². The number of hydrogen-bond acceptors (Lipinski definition) is 3. The van der Waals surface area contributed by atoms with E-state index in [-0.39, 0.29) is 11.8 Å². The van der Waals surface area contributed by atoms with E-state index in [1.165, 1.54) is 5.56 Å². The second-order valence-corrected chi connectivity index (χ2v) is 6.96. The lowest BCUT2D eigenvalue weighted by Gasteiger charge is -2.34. The molecule has 1 unspecified atom stereocenters. The van der Waals surface area contributed by atoms with Gasteiger partial charge >= 0.3 is 0 Å². The van der Waals surface area contributed by atoms with Crippen molar-refractivity contribution in [3.05, 3.63) is 29.3 Å². The summed E-state index contributed by atoms with van der Waals surface area (Å²) in [7, 11) is -1.49. The Hall–Kier alpha value is -1.07. The summed E-state index contributed by atoms with van der Waals surface area (Å²) >= 11 is 0. The van der Waals surface area contributed by atoms with Crippen LogP contribution in [-0.4, -0.2) is 32.1 Å². The molecule has 0 amide bonds. The van der Waals surface area contributed by atoms with Crippen molar-refractivity contribution in [2.45, 2.75) is 32.7 Å². The van der Waals surface area contributed by atoms with Gasteiger partial charge < -0.3 is 4.74 Å². The van der Waals surface area contributed by atoms with Gasteiger partial charge in [-0.15, -0.1) is 0 Å². The lowest BCUT2D eigenvalue weighted by Crippen LogP contribution is -2.40. The molecule has 4 nitrogen and oxygen atoms in total. The van der Waals surface area contributed by atoms with Gasteiger partial charge in [-0.1, -0.05) is 13.0 Å². The summed E-state index contributed by atoms with van der Waals surface area (Å²) in [6.07, 6.45) is 1.40. The molecule has 1 aliphatic heterocycles. The summed E-state index contributed by atoms with van der Waals surface area (Å²) in [5.41, 5.74) is 2.28. The van der Waals surface area contributed by atoms with Gasteiger partial charge in [0.15, 0.2) is 0 Å². The van der Waals surface area contributed by atoms with Gasteiger partial charge in [-0.25, -0.2) is 8.42 Å². The standard InChI is InChI=1S/C14H21NO3S/c1-4-9-19(16,17)15-8-7-12-10-13(18-3)5-6-14(12)11(15)2/h5-6,10-11H,4,7-9H2,1-3H3. The fourth-order valence-corrected chi connectivity index (χ4v) is 4.38. The first-order chi connectivity index (χ1) is 8.99. The molecule has 0 N–H and O–H groups in total. The number of methoxy groups -OCH3 is 1. The zero-order valence-electron chi connectivity index (χ0n) is 11.7. The van der Waals surface area contributed by atoms with Gasteiger partial charge in [0.25, 0.3) is 0 Å². The third-order valence-electron chi connectivity index (χ3n) is 3.65. The molecule has 5 heteroatoms. The van der Waals surface area contributed by atoms with Crippen molar-refractivity contribution >= 4 is 10.0 Å². The Morgan fingerprint density at radius 2 is 2.16 bits per heavy atom. The number of hydrogen-bond donors (Lipinski definition) is 0. The lowest BCUT2D eigenvalue weighted by molar-refractivity contribution is 0.325. The minimum atomic E-state index is -3.14. The largest absolute Gasteiger partial charge is 0.497 e. The van der Waals surface area contributed by atoms with Gasteiger partial charge in [0.2, 0.25) is 10.0 Å². The van der Waals surface area contributed by atoms with E-state index in [1.54, 1.807) is 11.4 Å². The Morgan fingerprint density at radius 1 is 1.42 bits per heavy atom. The van der Waals surface area contributed by atoms with Gasteiger partial charge in [-0.3, -0.25) is 0 Å². The molecular formula is C14H21NO3S. The van der Waals surface area contributed by atoms with Gasteiger partial charge in [0.1, 0.15) is 5.75 Å². The highest BCUT2D eigenvalue weighted by molar-refractivity contribution is 7.89. The number of sulfonamides is 1. The normalized spacial score (nSPS) is 20.1. The van der Waals surface area contributed by atoms with Gasteiger partial charge in [-0.05, 0) is 43.0 Å². The molecule has 1 aromatic carbocycles. The van der Waals surface area contributed by atoms with Gasteiger partial charge in [0.05, 0.1) is 12.9 Å². The van der Waals surface area contributed by atoms with Crippen LogP contribution in [0.15, 0.2) is 18.2 Å². The monoisotopic (exact) mass is 283 g/mol. The third-order valence-corrected chi connectivity index (χ3v) is 5.79. The van der Waals surface area contributed by atoms with E-state index in [1.807, 2.05) is 32.0 Å². The summed E-state index contributed by atoms with van der Waals surface area (Å²) in [6, 6.07) is 5.79. The van der Waals surface area contributed by atoms with Crippen LogP contribution in [0.1, 0.15) is 37.4 Å². The van der Waals surface area contributed by atoms with E-state index >= 15 is 0 Å². The Balaban J connectivity index is 2.32. The number of benzene rings is 1. The summed E-state index contributed by atoms with van der Waals surface area (Å²) in [6.45, 7) is 4.41. The Morgan fingerprint density at radius 3 is 2.79 bits per heavy atom. The van der Waals surface area contributed by atoms with Gasteiger partial charge in [0, 0.05) is 12.6 Å². The highest BCUT2D eigenvalue weighted by Crippen LogP contribution is 2.33. The summed E-state index contributed by atoms with van der Waals surface area (Å²) < 4.78 is 31.3. The molecule has 1 atom stereocenters. The second-order valence-electron chi connectivity index (χ2n) is 4.92. The molecule has 0 spiro atoms. The van der Waals surface area contributed by atoms with E-state index in [4.69, 9.17) is 4.74 Å². The van der Waals surface area contributed by atoms with E-state index in [2.05, 4.69) is 0 Å². The van der Waals surface area contributed by atoms with E-state index in [0.29, 0.717) is 13.0 Å². The molecule has 0 aromatic heterocycles. The van der Waals surface area contributed by atoms with Crippen LogP contribution in [0.3, 0.4) is 0 Å². The molecule has 2 rings (SSSR count). The van der Waals surface area contributed by atoms with E-state index in [9.17, 15) is 8.42 Å². The van der Waals surface area contributed by atoms with Crippen molar-refractivity contribution in [2.75, 3.05) is 19.4 Å². The minimum Gasteiger partial charge on any atom is -0.497 e. The molecule has 19 heavy (non-hydrogen) atoms. The molecule has 1 aliphatic rings. The molecule has 106 valence electrons. The van der Waals surface area contributed by atoms with Crippen LogP contribution in [-0.2, 0) is 16.4 Å². The number of ether oxygens (including phenoxy) is 1. The molecular weight excluding hydrogens is 262 g/mol. The first-order valence-electron chi connectivity index (χ1n) is 6.66. The molecule has 0 saturated carbocycles. The molecule has 0 radical (unpaired) electrons. The molecule has 0 saturated heterocycles. The smallest absolute Gasteiger partial charge is 0.214 e. The van der Waals surface area contributed by atoms with Crippen molar-refractivity contribution in [3.63, 3.8) is 0 Å². The molecule has 0 fully saturated rings. The summed E-state index contributed by atoms with van der Waals surface area (Å²) in [4.78, 5) is 0. The molecule has 1 aromatic rings. The first-order valence-corrected chi connectivity index (χ1v) is 8.27. The van der Waals surface area contributed by atoms with Crippen LogP contribution in [0.4, 0.5) is 0 Å². The SMILES string of the molecule is CCCS(=O)(=O)N1CCc2cc(OC)ccc2C1C. The highest BCUT2D eigenvalue weighted by Gasteiger charge is 2.32. The third kappa shape index (κ3) is 2.77. The van der Waals surface area contributed by atoms with Crippen molar-refractivity contribution < 1.29 is 13.2 Å². The van der Waals surface area contributed by atoms with Crippen molar-refractivity contribution in [3.8, 4) is 5.75 Å². The zero-order valence-corrected chi connectivity index (χ0v) is 12.5.